The van der Waals surface area contributed by atoms with Gasteiger partial charge in [0.1, 0.15) is 17.0 Å². The Labute approximate surface area is 136 Å². The van der Waals surface area contributed by atoms with E-state index in [0.29, 0.717) is 0 Å². The van der Waals surface area contributed by atoms with Crippen LogP contribution in [0.2, 0.25) is 10.3 Å². The normalized spacial score (nSPS) is 11.3. The van der Waals surface area contributed by atoms with Gasteiger partial charge in [0.25, 0.3) is 0 Å². The first-order valence-electron chi connectivity index (χ1n) is 5.11. The summed E-state index contributed by atoms with van der Waals surface area (Å²) < 4.78 is 18.2. The number of ether oxygens (including phenoxy) is 1. The van der Waals surface area contributed by atoms with Gasteiger partial charge in [0, 0.05) is 0 Å². The number of aromatic nitrogens is 1. The Bertz CT molecular complexity index is 607. The molecular weight excluding hydrogens is 427 g/mol. The molecule has 1 rings (SSSR count). The van der Waals surface area contributed by atoms with Crippen LogP contribution in [0.25, 0.3) is 0 Å². The van der Waals surface area contributed by atoms with E-state index in [0.717, 1.165) is 6.26 Å². The Kier molecular flexibility index (Phi) is 6.15. The van der Waals surface area contributed by atoms with E-state index in [4.69, 9.17) is 33.0 Å². The van der Waals surface area contributed by atoms with E-state index in [-0.39, 0.29) is 20.9 Å². The molecule has 0 spiro atoms. The number of hydrogen-bond donors (Lipinski definition) is 1. The van der Waals surface area contributed by atoms with Gasteiger partial charge >= 0.3 is 5.97 Å². The van der Waals surface area contributed by atoms with Crippen molar-refractivity contribution in [1.29, 1.82) is 0 Å². The first-order chi connectivity index (χ1) is 9.31. The molecule has 0 aliphatic rings. The predicted molar refractivity (Wildman–Crippen MR) is 78.6 cm³/mol. The number of carbonyl (C=O) groups excluding carboxylic acids is 1. The van der Waals surface area contributed by atoms with Crippen molar-refractivity contribution >= 4 is 57.5 Å². The van der Waals surface area contributed by atoms with Crippen molar-refractivity contribution in [3.05, 3.63) is 37.1 Å². The number of carbonyl (C=O) groups is 2. The summed E-state index contributed by atoms with van der Waals surface area (Å²) >= 11 is 12.7. The number of ketones is 1. The summed E-state index contributed by atoms with van der Waals surface area (Å²) in [6.07, 6.45) is 0.781. The van der Waals surface area contributed by atoms with Gasteiger partial charge in [-0.05, 0) is 29.5 Å². The van der Waals surface area contributed by atoms with Crippen LogP contribution in [-0.2, 0) is 9.53 Å². The minimum atomic E-state index is -1.52. The third-order valence-electron chi connectivity index (χ3n) is 2.07. The lowest BCUT2D eigenvalue weighted by Gasteiger charge is -2.08. The third-order valence-corrected chi connectivity index (χ3v) is 3.60. The Hall–Kier alpha value is -0.930. The molecule has 1 aromatic heterocycles. The molecule has 0 saturated carbocycles. The Morgan fingerprint density at radius 3 is 2.55 bits per heavy atom. The van der Waals surface area contributed by atoms with E-state index >= 15 is 0 Å². The van der Waals surface area contributed by atoms with Crippen LogP contribution in [0.4, 0.5) is 4.39 Å². The average molecular weight is 434 g/mol. The highest BCUT2D eigenvalue weighted by Gasteiger charge is 2.28. The lowest BCUT2D eigenvalue weighted by molar-refractivity contribution is -0.132. The maximum Gasteiger partial charge on any atom is 0.342 e. The Morgan fingerprint density at radius 2 is 2.05 bits per heavy atom. The van der Waals surface area contributed by atoms with Crippen molar-refractivity contribution in [2.75, 3.05) is 6.61 Å². The zero-order valence-corrected chi connectivity index (χ0v) is 13.6. The third kappa shape index (κ3) is 3.58. The average Bonchev–Trinajstić information content (AvgIpc) is 2.36. The van der Waals surface area contributed by atoms with Gasteiger partial charge in [-0.25, -0.2) is 14.2 Å². The standard InChI is InChI=1S/C11H7Cl2FINO4/c1-2-20-3-4(11(18)19)8(17)5-7(15)6(14)10(13)16-9(5)12/h3H,2H2,1H3,(H,18,19). The number of aliphatic carboxylic acids is 1. The second-order valence-corrected chi connectivity index (χ2v) is 5.11. The molecule has 0 aromatic carbocycles. The van der Waals surface area contributed by atoms with Crippen LogP contribution in [0.15, 0.2) is 11.8 Å². The molecule has 0 saturated heterocycles. The highest BCUT2D eigenvalue weighted by atomic mass is 127. The van der Waals surface area contributed by atoms with Gasteiger partial charge in [-0.3, -0.25) is 4.79 Å². The molecule has 20 heavy (non-hydrogen) atoms. The summed E-state index contributed by atoms with van der Waals surface area (Å²) in [6.45, 7) is 1.78. The fourth-order valence-corrected chi connectivity index (χ4v) is 2.74. The molecule has 0 aliphatic carbocycles. The molecule has 9 heteroatoms. The number of carboxylic acids is 1. The minimum absolute atomic E-state index is 0.169. The molecule has 0 atom stereocenters. The number of halogens is 4. The summed E-state index contributed by atoms with van der Waals surface area (Å²) in [5.41, 5.74) is -1.06. The number of hydrogen-bond acceptors (Lipinski definition) is 4. The van der Waals surface area contributed by atoms with Crippen LogP contribution in [0.5, 0.6) is 0 Å². The lowest BCUT2D eigenvalue weighted by atomic mass is 10.1. The SMILES string of the molecule is CCOC=C(C(=O)O)C(=O)c1c(Cl)nc(Cl)c(F)c1I. The highest BCUT2D eigenvalue weighted by molar-refractivity contribution is 14.1. The molecule has 1 aromatic rings. The zero-order valence-electron chi connectivity index (χ0n) is 9.92. The number of rotatable bonds is 5. The molecule has 0 radical (unpaired) electrons. The van der Waals surface area contributed by atoms with Crippen molar-refractivity contribution in [2.24, 2.45) is 0 Å². The summed E-state index contributed by atoms with van der Waals surface area (Å²) in [4.78, 5) is 26.6. The smallest absolute Gasteiger partial charge is 0.342 e. The maximum absolute atomic E-state index is 13.6. The molecule has 0 aliphatic heterocycles. The fourth-order valence-electron chi connectivity index (χ4n) is 1.18. The van der Waals surface area contributed by atoms with Gasteiger partial charge in [0.05, 0.1) is 15.7 Å². The second kappa shape index (κ2) is 7.19. The van der Waals surface area contributed by atoms with Crippen molar-refractivity contribution in [2.45, 2.75) is 6.92 Å². The predicted octanol–water partition coefficient (Wildman–Crippen LogP) is 3.32. The van der Waals surface area contributed by atoms with Crippen LogP contribution in [0.3, 0.4) is 0 Å². The second-order valence-electron chi connectivity index (χ2n) is 3.32. The molecule has 1 N–H and O–H groups in total. The van der Waals surface area contributed by atoms with Crippen LogP contribution < -0.4 is 0 Å². The monoisotopic (exact) mass is 433 g/mol. The van der Waals surface area contributed by atoms with Gasteiger partial charge in [-0.2, -0.15) is 0 Å². The van der Waals surface area contributed by atoms with Gasteiger partial charge in [0.2, 0.25) is 5.78 Å². The number of carboxylic acid groups (broad SMARTS) is 1. The quantitative estimate of drug-likeness (QED) is 0.147. The number of nitrogens with zero attached hydrogens (tertiary/aromatic N) is 1. The summed E-state index contributed by atoms with van der Waals surface area (Å²) in [7, 11) is 0. The van der Waals surface area contributed by atoms with E-state index in [9.17, 15) is 14.0 Å². The summed E-state index contributed by atoms with van der Waals surface area (Å²) in [5.74, 6) is -3.48. The molecule has 5 nitrogen and oxygen atoms in total. The first-order valence-corrected chi connectivity index (χ1v) is 6.94. The number of Topliss-reactive ketones (excluding diaryl/α,β-unsaturated/α-hetero) is 1. The van der Waals surface area contributed by atoms with E-state index in [1.165, 1.54) is 22.6 Å². The van der Waals surface area contributed by atoms with Gasteiger partial charge in [-0.15, -0.1) is 0 Å². The Balaban J connectivity index is 3.40. The lowest BCUT2D eigenvalue weighted by Crippen LogP contribution is -2.16. The van der Waals surface area contributed by atoms with E-state index in [1.54, 1.807) is 6.92 Å². The van der Waals surface area contributed by atoms with Crippen molar-refractivity contribution in [3.8, 4) is 0 Å². The highest BCUT2D eigenvalue weighted by Crippen LogP contribution is 2.29. The molecule has 0 unspecified atom stereocenters. The van der Waals surface area contributed by atoms with Crippen LogP contribution in [0, 0.1) is 9.39 Å². The fraction of sp³-hybridized carbons (Fsp3) is 0.182. The van der Waals surface area contributed by atoms with Crippen molar-refractivity contribution < 1.29 is 23.8 Å². The molecular formula is C11H7Cl2FINO4. The minimum Gasteiger partial charge on any atom is -0.500 e. The van der Waals surface area contributed by atoms with Crippen molar-refractivity contribution in [1.82, 2.24) is 4.98 Å². The van der Waals surface area contributed by atoms with Crippen LogP contribution in [0.1, 0.15) is 17.3 Å². The first kappa shape index (κ1) is 17.1. The van der Waals surface area contributed by atoms with E-state index in [1.807, 2.05) is 0 Å². The number of pyridine rings is 1. The van der Waals surface area contributed by atoms with Gasteiger partial charge in [-0.1, -0.05) is 23.2 Å². The van der Waals surface area contributed by atoms with Crippen molar-refractivity contribution in [3.63, 3.8) is 0 Å². The van der Waals surface area contributed by atoms with E-state index in [2.05, 4.69) is 4.98 Å². The maximum atomic E-state index is 13.6. The van der Waals surface area contributed by atoms with Gasteiger partial charge in [0.15, 0.2) is 11.0 Å². The summed E-state index contributed by atoms with van der Waals surface area (Å²) in [5, 5.41) is 8.10. The molecule has 0 fully saturated rings. The Morgan fingerprint density at radius 1 is 1.45 bits per heavy atom. The molecule has 108 valence electrons. The topological polar surface area (TPSA) is 76.5 Å². The van der Waals surface area contributed by atoms with Gasteiger partial charge < -0.3 is 9.84 Å². The molecule has 0 amide bonds. The summed E-state index contributed by atoms with van der Waals surface area (Å²) in [6, 6.07) is 0. The van der Waals surface area contributed by atoms with Crippen LogP contribution in [-0.4, -0.2) is 28.4 Å². The molecule has 0 bridgehead atoms. The largest absolute Gasteiger partial charge is 0.500 e. The van der Waals surface area contributed by atoms with E-state index < -0.39 is 28.3 Å². The molecule has 1 heterocycles. The van der Waals surface area contributed by atoms with Crippen LogP contribution >= 0.6 is 45.8 Å². The zero-order chi connectivity index (χ0) is 15.4.